The van der Waals surface area contributed by atoms with E-state index in [1.165, 1.54) is 38.5 Å². The van der Waals surface area contributed by atoms with Crippen molar-refractivity contribution in [2.45, 2.75) is 38.5 Å². The van der Waals surface area contributed by atoms with Gasteiger partial charge < -0.3 is 5.11 Å². The fourth-order valence-electron chi connectivity index (χ4n) is 3.54. The van der Waals surface area contributed by atoms with Gasteiger partial charge in [0.2, 0.25) is 5.91 Å². The average Bonchev–Trinajstić information content (AvgIpc) is 3.12. The van der Waals surface area contributed by atoms with Gasteiger partial charge in [-0.3, -0.25) is 4.79 Å². The molecule has 3 atom stereocenters. The number of phenolic OH excluding ortho intramolecular Hbond substituents is 1. The Balaban J connectivity index is 1.51. The first kappa shape index (κ1) is 14.1. The van der Waals surface area contributed by atoms with Crippen molar-refractivity contribution >= 4 is 12.1 Å². The largest absolute Gasteiger partial charge is 0.508 e. The summed E-state index contributed by atoms with van der Waals surface area (Å²) in [7, 11) is 0. The standard InChI is InChI=1S/C17H22N2O2/c20-13-9-7-12(8-10-13)11-18-19-17(21)16-14-5-3-1-2-4-6-15(14)16/h7-11,14-16,20H,1-6H2,(H,19,21)/t14-,15+,16?. The van der Waals surface area contributed by atoms with Gasteiger partial charge >= 0.3 is 0 Å². The minimum Gasteiger partial charge on any atom is -0.508 e. The maximum atomic E-state index is 12.2. The van der Waals surface area contributed by atoms with Crippen LogP contribution in [0.1, 0.15) is 44.1 Å². The molecule has 2 N–H and O–H groups in total. The third-order valence-corrected chi connectivity index (χ3v) is 4.74. The summed E-state index contributed by atoms with van der Waals surface area (Å²) >= 11 is 0. The highest BCUT2D eigenvalue weighted by molar-refractivity contribution is 5.85. The summed E-state index contributed by atoms with van der Waals surface area (Å²) in [6.07, 6.45) is 9.17. The molecule has 1 aromatic rings. The van der Waals surface area contributed by atoms with E-state index >= 15 is 0 Å². The Bertz CT molecular complexity index is 510. The molecule has 1 unspecified atom stereocenters. The van der Waals surface area contributed by atoms with Crippen LogP contribution in [0.5, 0.6) is 5.75 Å². The molecule has 0 aromatic heterocycles. The van der Waals surface area contributed by atoms with Crippen LogP contribution in [-0.4, -0.2) is 17.2 Å². The first-order valence-corrected chi connectivity index (χ1v) is 7.87. The molecule has 0 heterocycles. The Labute approximate surface area is 125 Å². The predicted octanol–water partition coefficient (Wildman–Crippen LogP) is 3.06. The number of benzene rings is 1. The molecule has 0 spiro atoms. The maximum Gasteiger partial charge on any atom is 0.243 e. The van der Waals surface area contributed by atoms with E-state index in [0.717, 1.165) is 5.56 Å². The minimum absolute atomic E-state index is 0.0712. The highest BCUT2D eigenvalue weighted by atomic mass is 16.3. The molecule has 4 nitrogen and oxygen atoms in total. The number of nitrogens with zero attached hydrogens (tertiary/aromatic N) is 1. The Morgan fingerprint density at radius 2 is 1.71 bits per heavy atom. The van der Waals surface area contributed by atoms with Crippen molar-refractivity contribution in [2.75, 3.05) is 0 Å². The first-order chi connectivity index (χ1) is 10.3. The molecule has 2 fully saturated rings. The van der Waals surface area contributed by atoms with Crippen molar-refractivity contribution in [3.05, 3.63) is 29.8 Å². The van der Waals surface area contributed by atoms with Gasteiger partial charge in [-0.1, -0.05) is 25.7 Å². The highest BCUT2D eigenvalue weighted by Gasteiger charge is 2.53. The van der Waals surface area contributed by atoms with E-state index < -0.39 is 0 Å². The topological polar surface area (TPSA) is 61.7 Å². The Morgan fingerprint density at radius 3 is 2.33 bits per heavy atom. The van der Waals surface area contributed by atoms with E-state index in [4.69, 9.17) is 0 Å². The zero-order valence-electron chi connectivity index (χ0n) is 12.2. The summed E-state index contributed by atoms with van der Waals surface area (Å²) in [6, 6.07) is 6.73. The molecule has 0 aliphatic heterocycles. The second kappa shape index (κ2) is 6.29. The van der Waals surface area contributed by atoms with E-state index in [-0.39, 0.29) is 17.6 Å². The van der Waals surface area contributed by atoms with Gasteiger partial charge in [-0.05, 0) is 54.5 Å². The predicted molar refractivity (Wildman–Crippen MR) is 82.0 cm³/mol. The van der Waals surface area contributed by atoms with Gasteiger partial charge in [0.15, 0.2) is 0 Å². The van der Waals surface area contributed by atoms with Gasteiger partial charge in [-0.25, -0.2) is 5.43 Å². The molecule has 2 aliphatic rings. The fraction of sp³-hybridized carbons (Fsp3) is 0.529. The number of hydrazone groups is 1. The van der Waals surface area contributed by atoms with Gasteiger partial charge in [0.25, 0.3) is 0 Å². The van der Waals surface area contributed by atoms with Crippen LogP contribution in [0.4, 0.5) is 0 Å². The van der Waals surface area contributed by atoms with E-state index in [1.807, 2.05) is 0 Å². The quantitative estimate of drug-likeness (QED) is 0.662. The fourth-order valence-corrected chi connectivity index (χ4v) is 3.54. The van der Waals surface area contributed by atoms with E-state index in [1.54, 1.807) is 30.5 Å². The van der Waals surface area contributed by atoms with Gasteiger partial charge in [0.1, 0.15) is 5.75 Å². The third-order valence-electron chi connectivity index (χ3n) is 4.74. The van der Waals surface area contributed by atoms with Crippen molar-refractivity contribution in [1.82, 2.24) is 5.43 Å². The van der Waals surface area contributed by atoms with Crippen molar-refractivity contribution in [2.24, 2.45) is 22.9 Å². The Kier molecular flexibility index (Phi) is 4.23. The zero-order chi connectivity index (χ0) is 14.7. The molecular weight excluding hydrogens is 264 g/mol. The van der Waals surface area contributed by atoms with Gasteiger partial charge in [-0.15, -0.1) is 0 Å². The van der Waals surface area contributed by atoms with E-state index in [0.29, 0.717) is 11.8 Å². The van der Waals surface area contributed by atoms with Crippen LogP contribution in [0.3, 0.4) is 0 Å². The normalized spacial score (nSPS) is 28.5. The van der Waals surface area contributed by atoms with Gasteiger partial charge in [-0.2, -0.15) is 5.10 Å². The lowest BCUT2D eigenvalue weighted by Crippen LogP contribution is -2.21. The van der Waals surface area contributed by atoms with Crippen LogP contribution in [0.15, 0.2) is 29.4 Å². The lowest BCUT2D eigenvalue weighted by molar-refractivity contribution is -0.122. The van der Waals surface area contributed by atoms with Crippen LogP contribution in [0, 0.1) is 17.8 Å². The smallest absolute Gasteiger partial charge is 0.243 e. The SMILES string of the molecule is O=C(NN=Cc1ccc(O)cc1)C1[C@H]2CCCCCC[C@@H]12. The third kappa shape index (κ3) is 3.43. The zero-order valence-corrected chi connectivity index (χ0v) is 12.2. The molecule has 0 saturated heterocycles. The summed E-state index contributed by atoms with van der Waals surface area (Å²) in [6.45, 7) is 0. The second-order valence-corrected chi connectivity index (χ2v) is 6.17. The number of aromatic hydroxyl groups is 1. The number of carbonyl (C=O) groups is 1. The molecular formula is C17H22N2O2. The molecule has 3 rings (SSSR count). The molecule has 0 radical (unpaired) electrons. The molecule has 2 aliphatic carbocycles. The number of carbonyl (C=O) groups excluding carboxylic acids is 1. The molecule has 21 heavy (non-hydrogen) atoms. The number of fused-ring (bicyclic) bond motifs is 1. The minimum atomic E-state index is 0.0712. The number of amides is 1. The van der Waals surface area contributed by atoms with Crippen molar-refractivity contribution in [3.8, 4) is 5.75 Å². The number of nitrogens with one attached hydrogen (secondary N) is 1. The van der Waals surface area contributed by atoms with E-state index in [9.17, 15) is 9.90 Å². The molecule has 4 heteroatoms. The average molecular weight is 286 g/mol. The van der Waals surface area contributed by atoms with Crippen LogP contribution < -0.4 is 5.43 Å². The molecule has 1 amide bonds. The molecule has 112 valence electrons. The van der Waals surface area contributed by atoms with Crippen LogP contribution in [0.25, 0.3) is 0 Å². The van der Waals surface area contributed by atoms with Crippen molar-refractivity contribution < 1.29 is 9.90 Å². The Hall–Kier alpha value is -1.84. The lowest BCUT2D eigenvalue weighted by atomic mass is 10.0. The van der Waals surface area contributed by atoms with Crippen LogP contribution >= 0.6 is 0 Å². The number of hydrogen-bond donors (Lipinski definition) is 2. The molecule has 0 bridgehead atoms. The summed E-state index contributed by atoms with van der Waals surface area (Å²) in [5.41, 5.74) is 3.53. The van der Waals surface area contributed by atoms with Crippen molar-refractivity contribution in [1.29, 1.82) is 0 Å². The highest BCUT2D eigenvalue weighted by Crippen LogP contribution is 2.53. The number of hydrogen-bond acceptors (Lipinski definition) is 3. The summed E-state index contributed by atoms with van der Waals surface area (Å²) in [5.74, 6) is 1.66. The monoisotopic (exact) mass is 286 g/mol. The first-order valence-electron chi connectivity index (χ1n) is 7.87. The summed E-state index contributed by atoms with van der Waals surface area (Å²) in [4.78, 5) is 12.2. The maximum absolute atomic E-state index is 12.2. The number of rotatable bonds is 3. The van der Waals surface area contributed by atoms with E-state index in [2.05, 4.69) is 10.5 Å². The summed E-state index contributed by atoms with van der Waals surface area (Å²) < 4.78 is 0. The molecule has 2 saturated carbocycles. The molecule has 1 aromatic carbocycles. The van der Waals surface area contributed by atoms with Gasteiger partial charge in [0.05, 0.1) is 6.21 Å². The van der Waals surface area contributed by atoms with Crippen LogP contribution in [0.2, 0.25) is 0 Å². The lowest BCUT2D eigenvalue weighted by Gasteiger charge is -2.04. The van der Waals surface area contributed by atoms with Crippen LogP contribution in [-0.2, 0) is 4.79 Å². The second-order valence-electron chi connectivity index (χ2n) is 6.17. The Morgan fingerprint density at radius 1 is 1.10 bits per heavy atom. The number of phenols is 1. The van der Waals surface area contributed by atoms with Gasteiger partial charge in [0, 0.05) is 5.92 Å². The summed E-state index contributed by atoms with van der Waals surface area (Å²) in [5, 5.41) is 13.2. The van der Waals surface area contributed by atoms with Crippen molar-refractivity contribution in [3.63, 3.8) is 0 Å².